The van der Waals surface area contributed by atoms with E-state index in [1.165, 1.54) is 36.8 Å². The van der Waals surface area contributed by atoms with Crippen LogP contribution in [0.3, 0.4) is 0 Å². The average Bonchev–Trinajstić information content (AvgIpc) is 3.75. The van der Waals surface area contributed by atoms with Crippen molar-refractivity contribution in [2.24, 2.45) is 5.16 Å². The summed E-state index contributed by atoms with van der Waals surface area (Å²) in [6, 6.07) is 15.8. The number of esters is 2. The Morgan fingerprint density at radius 2 is 1.70 bits per heavy atom. The Bertz CT molecular complexity index is 1650. The second-order valence-corrected chi connectivity index (χ2v) is 10.8. The monoisotopic (exact) mass is 659 g/mol. The summed E-state index contributed by atoms with van der Waals surface area (Å²) in [6.07, 6.45) is -0.907. The van der Waals surface area contributed by atoms with Crippen molar-refractivity contribution >= 4 is 51.9 Å². The van der Waals surface area contributed by atoms with Crippen molar-refractivity contribution in [3.05, 3.63) is 82.9 Å². The number of carboxylic acid groups (broad SMARTS) is 1. The maximum Gasteiger partial charge on any atom is 1.00 e. The molecule has 2 saturated heterocycles. The van der Waals surface area contributed by atoms with E-state index in [1.54, 1.807) is 36.4 Å². The molecule has 46 heavy (non-hydrogen) atoms. The molecule has 2 atom stereocenters. The summed E-state index contributed by atoms with van der Waals surface area (Å²) in [4.78, 5) is 82.8. The molecule has 15 nitrogen and oxygen atoms in total. The van der Waals surface area contributed by atoms with Crippen LogP contribution in [0.1, 0.15) is 29.7 Å². The molecule has 2 amide bonds. The molecule has 2 fully saturated rings. The molecule has 17 heteroatoms. The molecule has 234 valence electrons. The van der Waals surface area contributed by atoms with Gasteiger partial charge in [0.25, 0.3) is 17.5 Å². The molecule has 2 unspecified atom stereocenters. The number of thiazole rings is 1. The zero-order valence-corrected chi connectivity index (χ0v) is 27.7. The SMILES string of the molecule is CON=C(C(=O)NC1(C(C(=O)OC)(c2ccccc2)c2ccccc2)CON(C2(C(=O)[O-])CCC(=O)O2)C1=O)c1csc(N)n1.[Na+]. The van der Waals surface area contributed by atoms with Gasteiger partial charge in [-0.05, 0) is 11.1 Å². The topological polar surface area (TPSA) is 212 Å². The number of nitrogen functional groups attached to an aromatic ring is 1. The Balaban J connectivity index is 0.00000480. The van der Waals surface area contributed by atoms with Crippen LogP contribution >= 0.6 is 11.3 Å². The molecule has 5 rings (SSSR count). The smallest absolute Gasteiger partial charge is 0.544 e. The zero-order chi connectivity index (χ0) is 32.4. The minimum atomic E-state index is -2.71. The molecule has 0 bridgehead atoms. The number of amides is 2. The average molecular weight is 660 g/mol. The second kappa shape index (κ2) is 13.6. The van der Waals surface area contributed by atoms with E-state index in [0.717, 1.165) is 18.4 Å². The van der Waals surface area contributed by atoms with Gasteiger partial charge in [0.15, 0.2) is 21.8 Å². The molecule has 1 aromatic heterocycles. The van der Waals surface area contributed by atoms with Crippen LogP contribution in [0.5, 0.6) is 0 Å². The van der Waals surface area contributed by atoms with Gasteiger partial charge in [-0.2, -0.15) is 5.06 Å². The molecule has 0 saturated carbocycles. The van der Waals surface area contributed by atoms with Gasteiger partial charge in [0.1, 0.15) is 25.4 Å². The summed E-state index contributed by atoms with van der Waals surface area (Å²) < 4.78 is 10.4. The van der Waals surface area contributed by atoms with Gasteiger partial charge in [0.05, 0.1) is 13.5 Å². The van der Waals surface area contributed by atoms with E-state index in [2.05, 4.69) is 15.5 Å². The van der Waals surface area contributed by atoms with Crippen LogP contribution in [0.25, 0.3) is 0 Å². The van der Waals surface area contributed by atoms with Crippen LogP contribution in [0.4, 0.5) is 5.13 Å². The third-order valence-corrected chi connectivity index (χ3v) is 8.27. The number of cyclic esters (lactones) is 1. The van der Waals surface area contributed by atoms with Gasteiger partial charge in [-0.1, -0.05) is 65.8 Å². The minimum Gasteiger partial charge on any atom is -0.544 e. The third-order valence-electron chi connectivity index (χ3n) is 7.59. The van der Waals surface area contributed by atoms with Crippen molar-refractivity contribution in [3.8, 4) is 0 Å². The summed E-state index contributed by atoms with van der Waals surface area (Å²) in [6.45, 7) is -0.845. The molecule has 3 N–H and O–H groups in total. The molecule has 0 aliphatic carbocycles. The standard InChI is InChI=1S/C29H27N5O10S.Na/c1-41-25(40)29(17-9-5-3-6-10-17,18-11-7-4-8-12-18)27(32-22(36)21(33-42-2)19-15-45-26(30)31-19)16-43-34(23(27)37)28(24(38)39)14-13-20(35)44-28;/h3-12,15H,13-14,16H2,1-2H3,(H2,30,31)(H,32,36)(H,38,39);/q;+1/p-1. The molecule has 2 aromatic carbocycles. The first kappa shape index (κ1) is 34.5. The first-order valence-electron chi connectivity index (χ1n) is 13.3. The minimum absolute atomic E-state index is 0. The number of hydrogen-bond donors (Lipinski definition) is 2. The number of rotatable bonds is 10. The van der Waals surface area contributed by atoms with Gasteiger partial charge in [-0.15, -0.1) is 11.3 Å². The molecule has 2 aliphatic heterocycles. The summed E-state index contributed by atoms with van der Waals surface area (Å²) in [5.74, 6) is -6.24. The zero-order valence-electron chi connectivity index (χ0n) is 24.9. The Hall–Kier alpha value is -4.35. The molecule has 3 heterocycles. The van der Waals surface area contributed by atoms with Crippen molar-refractivity contribution in [3.63, 3.8) is 0 Å². The van der Waals surface area contributed by atoms with Crippen molar-refractivity contribution in [1.29, 1.82) is 0 Å². The number of nitrogens with one attached hydrogen (secondary N) is 1. The number of aromatic nitrogens is 1. The number of hydrogen-bond acceptors (Lipinski definition) is 14. The van der Waals surface area contributed by atoms with Gasteiger partial charge in [0.2, 0.25) is 0 Å². The fourth-order valence-corrected chi connectivity index (χ4v) is 6.20. The largest absolute Gasteiger partial charge is 1.00 e. The predicted octanol–water partition coefficient (Wildman–Crippen LogP) is -3.35. The van der Waals surface area contributed by atoms with E-state index in [-0.39, 0.29) is 57.9 Å². The Morgan fingerprint density at radius 1 is 1.09 bits per heavy atom. The summed E-state index contributed by atoms with van der Waals surface area (Å²) >= 11 is 1.00. The fourth-order valence-electron chi connectivity index (χ4n) is 5.65. The molecular formula is C29H26N5NaO10S. The van der Waals surface area contributed by atoms with E-state index in [1.807, 2.05) is 0 Å². The number of methoxy groups -OCH3 is 1. The van der Waals surface area contributed by atoms with E-state index >= 15 is 0 Å². The fraction of sp³-hybridized carbons (Fsp3) is 0.276. The Kier molecular flexibility index (Phi) is 10.2. The number of benzene rings is 2. The van der Waals surface area contributed by atoms with Crippen LogP contribution in [-0.4, -0.2) is 77.6 Å². The molecular weight excluding hydrogens is 633 g/mol. The Morgan fingerprint density at radius 3 is 2.15 bits per heavy atom. The summed E-state index contributed by atoms with van der Waals surface area (Å²) in [7, 11) is 2.27. The van der Waals surface area contributed by atoms with E-state index < -0.39 is 65.1 Å². The van der Waals surface area contributed by atoms with Crippen molar-refractivity contribution in [1.82, 2.24) is 15.4 Å². The molecule has 0 spiro atoms. The number of oxime groups is 1. The number of anilines is 1. The number of carbonyl (C=O) groups excluding carboxylic acids is 5. The number of aliphatic carboxylic acids is 1. The van der Waals surface area contributed by atoms with Crippen LogP contribution in [0, 0.1) is 0 Å². The van der Waals surface area contributed by atoms with Crippen LogP contribution in [-0.2, 0) is 48.5 Å². The number of ether oxygens (including phenoxy) is 2. The number of nitrogens with zero attached hydrogens (tertiary/aromatic N) is 3. The van der Waals surface area contributed by atoms with E-state index in [4.69, 9.17) is 24.9 Å². The van der Waals surface area contributed by atoms with Crippen molar-refractivity contribution in [2.45, 2.75) is 29.5 Å². The van der Waals surface area contributed by atoms with Crippen molar-refractivity contribution in [2.75, 3.05) is 26.6 Å². The first-order chi connectivity index (χ1) is 21.6. The molecule has 2 aliphatic rings. The van der Waals surface area contributed by atoms with E-state index in [0.29, 0.717) is 5.06 Å². The van der Waals surface area contributed by atoms with E-state index in [9.17, 15) is 29.1 Å². The van der Waals surface area contributed by atoms with Crippen molar-refractivity contribution < 1.29 is 77.8 Å². The maximum absolute atomic E-state index is 14.9. The number of hydroxylamine groups is 2. The maximum atomic E-state index is 14.9. The molecule has 3 aromatic rings. The third kappa shape index (κ3) is 5.41. The number of carboxylic acids is 1. The summed E-state index contributed by atoms with van der Waals surface area (Å²) in [5.41, 5.74) is -1.82. The first-order valence-corrected chi connectivity index (χ1v) is 14.2. The van der Waals surface area contributed by atoms with Gasteiger partial charge in [0, 0.05) is 11.8 Å². The van der Waals surface area contributed by atoms with Crippen LogP contribution in [0.15, 0.2) is 71.2 Å². The van der Waals surface area contributed by atoms with Gasteiger partial charge in [-0.25, -0.2) is 4.98 Å². The van der Waals surface area contributed by atoms with Crippen LogP contribution < -0.4 is 45.7 Å². The van der Waals surface area contributed by atoms with Crippen LogP contribution in [0.2, 0.25) is 0 Å². The summed E-state index contributed by atoms with van der Waals surface area (Å²) in [5, 5.41) is 20.7. The normalized spacial score (nSPS) is 21.3. The Labute approximate surface area is 287 Å². The predicted molar refractivity (Wildman–Crippen MR) is 152 cm³/mol. The molecule has 0 radical (unpaired) electrons. The second-order valence-electron chi connectivity index (χ2n) is 9.95. The van der Waals surface area contributed by atoms with Gasteiger partial charge in [-0.3, -0.25) is 24.0 Å². The van der Waals surface area contributed by atoms with Gasteiger partial charge >= 0.3 is 41.5 Å². The quantitative estimate of drug-likeness (QED) is 0.0946. The number of carbonyl (C=O) groups is 5. The number of nitrogens with two attached hydrogens (primary N) is 1. The van der Waals surface area contributed by atoms with Gasteiger partial charge < -0.3 is 35.3 Å².